The van der Waals surface area contributed by atoms with Crippen LogP contribution in [0.1, 0.15) is 39.3 Å². The standard InChI is InChI=1S/C12H18ClNOS/c1-9(14-16(15)12(2,3)4)10-6-5-7-11(13)8-10/h5-9,14H,1-4H3. The van der Waals surface area contributed by atoms with Crippen LogP contribution in [0.2, 0.25) is 5.02 Å². The fourth-order valence-electron chi connectivity index (χ4n) is 1.18. The monoisotopic (exact) mass is 259 g/mol. The lowest BCUT2D eigenvalue weighted by atomic mass is 10.1. The molecule has 1 aromatic carbocycles. The molecule has 2 unspecified atom stereocenters. The van der Waals surface area contributed by atoms with Crippen molar-refractivity contribution in [2.24, 2.45) is 0 Å². The molecule has 16 heavy (non-hydrogen) atoms. The topological polar surface area (TPSA) is 35.1 Å². The van der Waals surface area contributed by atoms with Gasteiger partial charge < -0.3 is 4.55 Å². The van der Waals surface area contributed by atoms with E-state index in [1.165, 1.54) is 0 Å². The molecule has 0 aliphatic carbocycles. The highest BCUT2D eigenvalue weighted by atomic mass is 35.5. The molecular weight excluding hydrogens is 242 g/mol. The minimum Gasteiger partial charge on any atom is -0.598 e. The van der Waals surface area contributed by atoms with E-state index in [1.54, 1.807) is 0 Å². The maximum atomic E-state index is 11.9. The Balaban J connectivity index is 2.69. The molecule has 1 N–H and O–H groups in total. The van der Waals surface area contributed by atoms with Crippen LogP contribution in [-0.4, -0.2) is 9.30 Å². The molecule has 0 fully saturated rings. The Morgan fingerprint density at radius 3 is 2.50 bits per heavy atom. The van der Waals surface area contributed by atoms with E-state index < -0.39 is 11.4 Å². The van der Waals surface area contributed by atoms with Gasteiger partial charge in [0.25, 0.3) is 0 Å². The van der Waals surface area contributed by atoms with E-state index in [4.69, 9.17) is 11.6 Å². The van der Waals surface area contributed by atoms with E-state index in [0.29, 0.717) is 5.02 Å². The predicted octanol–water partition coefficient (Wildman–Crippen LogP) is 3.45. The Labute approximate surface area is 106 Å². The summed E-state index contributed by atoms with van der Waals surface area (Å²) in [5, 5.41) is 0.702. The lowest BCUT2D eigenvalue weighted by Crippen LogP contribution is -2.40. The van der Waals surface area contributed by atoms with Gasteiger partial charge in [-0.1, -0.05) is 23.7 Å². The van der Waals surface area contributed by atoms with Crippen LogP contribution in [-0.2, 0) is 11.4 Å². The SMILES string of the molecule is CC(N[S+]([O-])C(C)(C)C)c1cccc(Cl)c1. The fourth-order valence-corrected chi connectivity index (χ4v) is 2.19. The maximum absolute atomic E-state index is 11.9. The summed E-state index contributed by atoms with van der Waals surface area (Å²) in [6.45, 7) is 7.82. The summed E-state index contributed by atoms with van der Waals surface area (Å²) in [6, 6.07) is 7.62. The lowest BCUT2D eigenvalue weighted by Gasteiger charge is -2.26. The van der Waals surface area contributed by atoms with E-state index in [2.05, 4.69) is 4.72 Å². The zero-order chi connectivity index (χ0) is 12.3. The highest BCUT2D eigenvalue weighted by Crippen LogP contribution is 2.21. The van der Waals surface area contributed by atoms with Crippen LogP contribution in [0.15, 0.2) is 24.3 Å². The van der Waals surface area contributed by atoms with Crippen LogP contribution in [0.4, 0.5) is 0 Å². The van der Waals surface area contributed by atoms with Gasteiger partial charge in [-0.25, -0.2) is 0 Å². The minimum absolute atomic E-state index is 0.0266. The Morgan fingerprint density at radius 2 is 2.00 bits per heavy atom. The van der Waals surface area contributed by atoms with Crippen LogP contribution in [0.5, 0.6) is 0 Å². The van der Waals surface area contributed by atoms with Crippen molar-refractivity contribution in [1.29, 1.82) is 0 Å². The van der Waals surface area contributed by atoms with Gasteiger partial charge in [0.2, 0.25) is 0 Å². The highest BCUT2D eigenvalue weighted by Gasteiger charge is 2.28. The molecule has 0 radical (unpaired) electrons. The molecule has 0 aromatic heterocycles. The summed E-state index contributed by atoms with van der Waals surface area (Å²) < 4.78 is 14.7. The van der Waals surface area contributed by atoms with Gasteiger partial charge in [0.15, 0.2) is 0 Å². The Morgan fingerprint density at radius 1 is 1.38 bits per heavy atom. The van der Waals surface area contributed by atoms with Gasteiger partial charge >= 0.3 is 0 Å². The van der Waals surface area contributed by atoms with E-state index in [1.807, 2.05) is 52.0 Å². The average Bonchev–Trinajstić information content (AvgIpc) is 2.16. The molecule has 1 rings (SSSR count). The third kappa shape index (κ3) is 3.98. The lowest BCUT2D eigenvalue weighted by molar-refractivity contribution is 0.531. The summed E-state index contributed by atoms with van der Waals surface area (Å²) in [7, 11) is 0. The van der Waals surface area contributed by atoms with Crippen molar-refractivity contribution in [3.8, 4) is 0 Å². The summed E-state index contributed by atoms with van der Waals surface area (Å²) in [5.41, 5.74) is 1.05. The largest absolute Gasteiger partial charge is 0.598 e. The number of hydrogen-bond donors (Lipinski definition) is 1. The number of nitrogens with one attached hydrogen (secondary N) is 1. The molecular formula is C12H18ClNOS. The van der Waals surface area contributed by atoms with Gasteiger partial charge in [0.05, 0.1) is 6.04 Å². The third-order valence-electron chi connectivity index (χ3n) is 2.19. The van der Waals surface area contributed by atoms with Crippen molar-refractivity contribution < 1.29 is 4.55 Å². The third-order valence-corrected chi connectivity index (χ3v) is 4.10. The Kier molecular flexibility index (Phi) is 4.68. The zero-order valence-corrected chi connectivity index (χ0v) is 11.7. The number of benzene rings is 1. The van der Waals surface area contributed by atoms with Gasteiger partial charge in [-0.15, -0.1) is 4.72 Å². The molecule has 0 aliphatic heterocycles. The number of halogens is 1. The second-order valence-corrected chi connectivity index (χ2v) is 7.21. The van der Waals surface area contributed by atoms with Crippen LogP contribution >= 0.6 is 11.6 Å². The van der Waals surface area contributed by atoms with E-state index >= 15 is 0 Å². The molecule has 2 atom stereocenters. The molecule has 2 nitrogen and oxygen atoms in total. The fraction of sp³-hybridized carbons (Fsp3) is 0.500. The molecule has 0 saturated heterocycles. The molecule has 0 bridgehead atoms. The van der Waals surface area contributed by atoms with Gasteiger partial charge in [0.1, 0.15) is 4.75 Å². The van der Waals surface area contributed by atoms with Gasteiger partial charge in [-0.3, -0.25) is 0 Å². The van der Waals surface area contributed by atoms with Gasteiger partial charge in [-0.05, 0) is 45.4 Å². The second-order valence-electron chi connectivity index (χ2n) is 4.78. The van der Waals surface area contributed by atoms with Crippen LogP contribution < -0.4 is 4.72 Å². The first-order valence-electron chi connectivity index (χ1n) is 5.24. The Hall–Kier alpha value is -0.220. The van der Waals surface area contributed by atoms with Gasteiger partial charge in [0, 0.05) is 16.4 Å². The van der Waals surface area contributed by atoms with E-state index in [-0.39, 0.29) is 10.8 Å². The first-order valence-corrected chi connectivity index (χ1v) is 6.77. The van der Waals surface area contributed by atoms with Gasteiger partial charge in [-0.2, -0.15) is 0 Å². The summed E-state index contributed by atoms with van der Waals surface area (Å²) >= 11 is 4.84. The predicted molar refractivity (Wildman–Crippen MR) is 70.9 cm³/mol. The molecule has 0 amide bonds. The molecule has 4 heteroatoms. The van der Waals surface area contributed by atoms with E-state index in [9.17, 15) is 4.55 Å². The first kappa shape index (κ1) is 13.8. The summed E-state index contributed by atoms with van der Waals surface area (Å²) in [6.07, 6.45) is 0. The number of rotatable bonds is 3. The van der Waals surface area contributed by atoms with Crippen molar-refractivity contribution in [2.75, 3.05) is 0 Å². The second kappa shape index (κ2) is 5.41. The van der Waals surface area contributed by atoms with Crippen LogP contribution in [0.3, 0.4) is 0 Å². The van der Waals surface area contributed by atoms with Crippen molar-refractivity contribution in [3.63, 3.8) is 0 Å². The van der Waals surface area contributed by atoms with Crippen molar-refractivity contribution in [2.45, 2.75) is 38.5 Å². The van der Waals surface area contributed by atoms with E-state index in [0.717, 1.165) is 5.56 Å². The Bertz CT molecular complexity index is 351. The highest BCUT2D eigenvalue weighted by molar-refractivity contribution is 7.90. The van der Waals surface area contributed by atoms with Crippen LogP contribution in [0, 0.1) is 0 Å². The normalized spacial score (nSPS) is 15.9. The minimum atomic E-state index is -1.07. The molecule has 0 heterocycles. The van der Waals surface area contributed by atoms with Crippen molar-refractivity contribution in [3.05, 3.63) is 34.9 Å². The quantitative estimate of drug-likeness (QED) is 0.844. The molecule has 0 aliphatic rings. The zero-order valence-electron chi connectivity index (χ0n) is 10.1. The van der Waals surface area contributed by atoms with Crippen molar-refractivity contribution >= 4 is 23.0 Å². The van der Waals surface area contributed by atoms with Crippen molar-refractivity contribution in [1.82, 2.24) is 4.72 Å². The first-order chi connectivity index (χ1) is 7.30. The smallest absolute Gasteiger partial charge is 0.136 e. The molecule has 1 aromatic rings. The number of hydrogen-bond acceptors (Lipinski definition) is 2. The summed E-state index contributed by atoms with van der Waals surface area (Å²) in [4.78, 5) is 0. The average molecular weight is 260 g/mol. The maximum Gasteiger partial charge on any atom is 0.136 e. The molecule has 0 spiro atoms. The molecule has 0 saturated carbocycles. The molecule has 90 valence electrons. The summed E-state index contributed by atoms with van der Waals surface area (Å²) in [5.74, 6) is 0. The van der Waals surface area contributed by atoms with Crippen LogP contribution in [0.25, 0.3) is 0 Å².